The van der Waals surface area contributed by atoms with E-state index in [0.717, 1.165) is 39.0 Å². The van der Waals surface area contributed by atoms with Crippen molar-refractivity contribution in [2.75, 3.05) is 32.7 Å². The summed E-state index contributed by atoms with van der Waals surface area (Å²) in [5.74, 6) is 0.884. The molecule has 1 saturated heterocycles. The van der Waals surface area contributed by atoms with E-state index in [4.69, 9.17) is 0 Å². The van der Waals surface area contributed by atoms with Crippen LogP contribution in [0.25, 0.3) is 0 Å². The third kappa shape index (κ3) is 4.72. The molecule has 1 heterocycles. The van der Waals surface area contributed by atoms with Crippen LogP contribution in [0.2, 0.25) is 0 Å². The molecule has 1 rings (SSSR count). The van der Waals surface area contributed by atoms with Gasteiger partial charge >= 0.3 is 0 Å². The maximum absolute atomic E-state index is 11.6. The molecule has 0 atom stereocenters. The smallest absolute Gasteiger partial charge is 0.147 e. The second-order valence-electron chi connectivity index (χ2n) is 4.52. The summed E-state index contributed by atoms with van der Waals surface area (Å²) in [6.45, 7) is 9.05. The van der Waals surface area contributed by atoms with Crippen LogP contribution in [0.5, 0.6) is 0 Å². The fourth-order valence-electron chi connectivity index (χ4n) is 1.83. The van der Waals surface area contributed by atoms with Crippen molar-refractivity contribution in [1.29, 1.82) is 0 Å². The van der Waals surface area contributed by atoms with Gasteiger partial charge in [0.1, 0.15) is 5.78 Å². The van der Waals surface area contributed by atoms with Crippen LogP contribution in [0.1, 0.15) is 26.7 Å². The van der Waals surface area contributed by atoms with Crippen LogP contribution in [0.15, 0.2) is 0 Å². The van der Waals surface area contributed by atoms with Gasteiger partial charge in [0.15, 0.2) is 0 Å². The maximum atomic E-state index is 11.6. The molecular weight excluding hydrogens is 176 g/mol. The quantitative estimate of drug-likeness (QED) is 0.728. The summed E-state index contributed by atoms with van der Waals surface area (Å²) in [6.07, 6.45) is 1.89. The van der Waals surface area contributed by atoms with Crippen LogP contribution in [-0.2, 0) is 4.79 Å². The van der Waals surface area contributed by atoms with Gasteiger partial charge in [-0.1, -0.05) is 13.8 Å². The van der Waals surface area contributed by atoms with Gasteiger partial charge in [-0.05, 0) is 25.4 Å². The van der Waals surface area contributed by atoms with Crippen LogP contribution >= 0.6 is 0 Å². The zero-order chi connectivity index (χ0) is 10.4. The highest BCUT2D eigenvalue weighted by atomic mass is 16.1. The number of Topliss-reactive ketones (excluding diaryl/α,β-unsaturated/α-hetero) is 1. The third-order valence-corrected chi connectivity index (χ3v) is 2.47. The topological polar surface area (TPSA) is 32.3 Å². The number of carbonyl (C=O) groups is 1. The first-order chi connectivity index (χ1) is 6.68. The number of nitrogens with one attached hydrogen (secondary N) is 1. The molecule has 14 heavy (non-hydrogen) atoms. The number of ketones is 1. The van der Waals surface area contributed by atoms with E-state index in [1.54, 1.807) is 0 Å². The molecule has 1 aliphatic rings. The lowest BCUT2D eigenvalue weighted by atomic mass is 10.1. The first-order valence-corrected chi connectivity index (χ1v) is 5.63. The van der Waals surface area contributed by atoms with E-state index in [2.05, 4.69) is 24.1 Å². The van der Waals surface area contributed by atoms with Crippen LogP contribution in [-0.4, -0.2) is 43.4 Å². The average molecular weight is 198 g/mol. The maximum Gasteiger partial charge on any atom is 0.147 e. The van der Waals surface area contributed by atoms with E-state index in [-0.39, 0.29) is 0 Å². The van der Waals surface area contributed by atoms with E-state index < -0.39 is 0 Å². The fourth-order valence-corrected chi connectivity index (χ4v) is 1.83. The molecule has 82 valence electrons. The number of hydrogen-bond donors (Lipinski definition) is 1. The summed E-state index contributed by atoms with van der Waals surface area (Å²) in [7, 11) is 0. The molecule has 0 aromatic rings. The highest BCUT2D eigenvalue weighted by Gasteiger charge is 2.13. The standard InChI is InChI=1S/C11H22N2O/c1-10(2)8-11(14)9-13-6-3-4-12-5-7-13/h10,12H,3-9H2,1-2H3. The molecule has 0 amide bonds. The molecule has 0 spiro atoms. The normalized spacial score (nSPS) is 19.6. The molecule has 3 nitrogen and oxygen atoms in total. The second-order valence-corrected chi connectivity index (χ2v) is 4.52. The van der Waals surface area contributed by atoms with Gasteiger partial charge in [0.25, 0.3) is 0 Å². The minimum atomic E-state index is 0.391. The summed E-state index contributed by atoms with van der Waals surface area (Å²) in [5.41, 5.74) is 0. The first kappa shape index (κ1) is 11.7. The molecular formula is C11H22N2O. The summed E-state index contributed by atoms with van der Waals surface area (Å²) in [6, 6.07) is 0. The summed E-state index contributed by atoms with van der Waals surface area (Å²) in [4.78, 5) is 13.8. The van der Waals surface area contributed by atoms with Gasteiger partial charge in [-0.15, -0.1) is 0 Å². The minimum absolute atomic E-state index is 0.391. The van der Waals surface area contributed by atoms with Gasteiger partial charge in [-0.2, -0.15) is 0 Å². The molecule has 1 fully saturated rings. The molecule has 0 bridgehead atoms. The van der Waals surface area contributed by atoms with Gasteiger partial charge in [0.2, 0.25) is 0 Å². The summed E-state index contributed by atoms with van der Waals surface area (Å²) < 4.78 is 0. The molecule has 1 N–H and O–H groups in total. The Labute approximate surface area is 86.9 Å². The van der Waals surface area contributed by atoms with Crippen molar-refractivity contribution in [3.8, 4) is 0 Å². The van der Waals surface area contributed by atoms with Crippen LogP contribution in [0.4, 0.5) is 0 Å². The Morgan fingerprint density at radius 2 is 2.14 bits per heavy atom. The van der Waals surface area contributed by atoms with Gasteiger partial charge in [0, 0.05) is 19.5 Å². The highest BCUT2D eigenvalue weighted by molar-refractivity contribution is 5.80. The van der Waals surface area contributed by atoms with E-state index in [1.165, 1.54) is 0 Å². The Morgan fingerprint density at radius 3 is 2.86 bits per heavy atom. The largest absolute Gasteiger partial charge is 0.315 e. The van der Waals surface area contributed by atoms with Crippen molar-refractivity contribution in [1.82, 2.24) is 10.2 Å². The second kappa shape index (κ2) is 6.14. The van der Waals surface area contributed by atoms with Crippen molar-refractivity contribution >= 4 is 5.78 Å². The third-order valence-electron chi connectivity index (χ3n) is 2.47. The van der Waals surface area contributed by atoms with E-state index in [0.29, 0.717) is 18.2 Å². The predicted octanol–water partition coefficient (Wildman–Crippen LogP) is 0.897. The highest BCUT2D eigenvalue weighted by Crippen LogP contribution is 2.03. The monoisotopic (exact) mass is 198 g/mol. The lowest BCUT2D eigenvalue weighted by Gasteiger charge is -2.18. The Kier molecular flexibility index (Phi) is 5.12. The van der Waals surface area contributed by atoms with Crippen LogP contribution in [0.3, 0.4) is 0 Å². The van der Waals surface area contributed by atoms with Crippen molar-refractivity contribution in [3.63, 3.8) is 0 Å². The zero-order valence-electron chi connectivity index (χ0n) is 9.38. The first-order valence-electron chi connectivity index (χ1n) is 5.63. The fraction of sp³-hybridized carbons (Fsp3) is 0.909. The predicted molar refractivity (Wildman–Crippen MR) is 58.4 cm³/mol. The molecule has 1 aliphatic heterocycles. The zero-order valence-corrected chi connectivity index (χ0v) is 9.38. The number of carbonyl (C=O) groups excluding carboxylic acids is 1. The summed E-state index contributed by atoms with van der Waals surface area (Å²) in [5, 5.41) is 3.34. The molecule has 3 heteroatoms. The van der Waals surface area contributed by atoms with Crippen LogP contribution in [0, 0.1) is 5.92 Å². The number of hydrogen-bond acceptors (Lipinski definition) is 3. The van der Waals surface area contributed by atoms with Gasteiger partial charge < -0.3 is 5.32 Å². The Hall–Kier alpha value is -0.410. The lowest BCUT2D eigenvalue weighted by Crippen LogP contribution is -2.33. The van der Waals surface area contributed by atoms with Gasteiger partial charge in [0.05, 0.1) is 6.54 Å². The van der Waals surface area contributed by atoms with Crippen molar-refractivity contribution in [2.24, 2.45) is 5.92 Å². The van der Waals surface area contributed by atoms with E-state index in [9.17, 15) is 4.79 Å². The van der Waals surface area contributed by atoms with E-state index in [1.807, 2.05) is 0 Å². The Morgan fingerprint density at radius 1 is 1.36 bits per heavy atom. The molecule has 0 unspecified atom stereocenters. The summed E-state index contributed by atoms with van der Waals surface area (Å²) >= 11 is 0. The molecule has 0 aromatic carbocycles. The van der Waals surface area contributed by atoms with Crippen molar-refractivity contribution in [3.05, 3.63) is 0 Å². The minimum Gasteiger partial charge on any atom is -0.315 e. The average Bonchev–Trinajstić information content (AvgIpc) is 2.31. The molecule has 0 aliphatic carbocycles. The van der Waals surface area contributed by atoms with Gasteiger partial charge in [-0.3, -0.25) is 9.69 Å². The molecule has 0 saturated carbocycles. The van der Waals surface area contributed by atoms with Crippen molar-refractivity contribution < 1.29 is 4.79 Å². The SMILES string of the molecule is CC(C)CC(=O)CN1CCCNCC1. The lowest BCUT2D eigenvalue weighted by molar-refractivity contribution is -0.120. The van der Waals surface area contributed by atoms with Gasteiger partial charge in [-0.25, -0.2) is 0 Å². The molecule has 0 radical (unpaired) electrons. The Bertz CT molecular complexity index is 172. The molecule has 0 aromatic heterocycles. The Balaban J connectivity index is 2.23. The number of nitrogens with zero attached hydrogens (tertiary/aromatic N) is 1. The number of rotatable bonds is 4. The van der Waals surface area contributed by atoms with Crippen molar-refractivity contribution in [2.45, 2.75) is 26.7 Å². The van der Waals surface area contributed by atoms with Crippen LogP contribution < -0.4 is 5.32 Å². The van der Waals surface area contributed by atoms with E-state index >= 15 is 0 Å².